The minimum absolute atomic E-state index is 0.359. The van der Waals surface area contributed by atoms with Crippen molar-refractivity contribution in [2.75, 3.05) is 5.32 Å². The molecule has 198 valence electrons. The van der Waals surface area contributed by atoms with Crippen LogP contribution in [0.2, 0.25) is 0 Å². The maximum atomic E-state index is 16.2. The van der Waals surface area contributed by atoms with E-state index in [4.69, 9.17) is 4.98 Å². The molecule has 1 saturated carbocycles. The maximum absolute atomic E-state index is 16.2. The van der Waals surface area contributed by atoms with Crippen LogP contribution < -0.4 is 5.32 Å². The highest BCUT2D eigenvalue weighted by atomic mass is 19.1. The molecule has 5 aromatic heterocycles. The lowest BCUT2D eigenvalue weighted by Gasteiger charge is -2.24. The highest BCUT2D eigenvalue weighted by molar-refractivity contribution is 5.98. The molecule has 5 heterocycles. The van der Waals surface area contributed by atoms with Crippen molar-refractivity contribution < 1.29 is 4.39 Å². The lowest BCUT2D eigenvalue weighted by molar-refractivity contribution is 0.405. The summed E-state index contributed by atoms with van der Waals surface area (Å²) in [7, 11) is 0. The summed E-state index contributed by atoms with van der Waals surface area (Å²) < 4.78 is 16.2. The third-order valence-corrected chi connectivity index (χ3v) is 7.68. The standard InChI is InChI=1S/C31H27FN8/c1-18(19-6-3-2-4-7-19)36-22-14-21(16-34-17-22)23-9-10-24-26(27(23)32)30(40-39-24)31-37-25-11-13-35-28(29(25)38-31)20-8-5-12-33-15-20/h5,8-17,19,36H,1-4,6-7H2,(H,37,38)(H,39,40). The Labute approximate surface area is 229 Å². The molecule has 0 saturated heterocycles. The van der Waals surface area contributed by atoms with E-state index in [1.807, 2.05) is 30.3 Å². The van der Waals surface area contributed by atoms with Crippen LogP contribution in [0.25, 0.3) is 55.8 Å². The van der Waals surface area contributed by atoms with E-state index in [2.05, 4.69) is 42.0 Å². The monoisotopic (exact) mass is 530 g/mol. The molecule has 8 nitrogen and oxygen atoms in total. The van der Waals surface area contributed by atoms with Crippen molar-refractivity contribution in [1.82, 2.24) is 35.1 Å². The number of rotatable bonds is 6. The molecule has 0 unspecified atom stereocenters. The molecular formula is C31H27FN8. The Kier molecular flexibility index (Phi) is 6.03. The predicted molar refractivity (Wildman–Crippen MR) is 155 cm³/mol. The zero-order valence-electron chi connectivity index (χ0n) is 21.8. The lowest BCUT2D eigenvalue weighted by atomic mass is 9.87. The first-order valence-electron chi connectivity index (χ1n) is 13.5. The fraction of sp³-hybridized carbons (Fsp3) is 0.194. The van der Waals surface area contributed by atoms with Crippen LogP contribution in [0.15, 0.2) is 79.7 Å². The highest BCUT2D eigenvalue weighted by Gasteiger charge is 2.21. The number of hydrogen-bond acceptors (Lipinski definition) is 6. The Hall–Kier alpha value is -4.92. The van der Waals surface area contributed by atoms with Gasteiger partial charge < -0.3 is 10.3 Å². The molecule has 7 rings (SSSR count). The van der Waals surface area contributed by atoms with Gasteiger partial charge in [0.25, 0.3) is 0 Å². The molecule has 0 atom stereocenters. The van der Waals surface area contributed by atoms with Crippen LogP contribution in [-0.4, -0.2) is 35.1 Å². The number of fused-ring (bicyclic) bond motifs is 2. The minimum atomic E-state index is -0.391. The van der Waals surface area contributed by atoms with Gasteiger partial charge in [-0.1, -0.05) is 25.8 Å². The largest absolute Gasteiger partial charge is 0.358 e. The molecular weight excluding hydrogens is 503 g/mol. The van der Waals surface area contributed by atoms with Gasteiger partial charge >= 0.3 is 0 Å². The summed E-state index contributed by atoms with van der Waals surface area (Å²) in [5, 5.41) is 11.2. The molecule has 0 aliphatic heterocycles. The number of hydrogen-bond donors (Lipinski definition) is 3. The van der Waals surface area contributed by atoms with Crippen LogP contribution in [-0.2, 0) is 0 Å². The normalized spacial score (nSPS) is 14.1. The number of nitrogens with one attached hydrogen (secondary N) is 3. The first kappa shape index (κ1) is 24.1. The van der Waals surface area contributed by atoms with Gasteiger partial charge in [-0.05, 0) is 55.2 Å². The molecule has 0 spiro atoms. The van der Waals surface area contributed by atoms with Crippen LogP contribution in [0, 0.1) is 11.7 Å². The summed E-state index contributed by atoms with van der Waals surface area (Å²) in [6, 6.07) is 11.1. The zero-order valence-corrected chi connectivity index (χ0v) is 21.8. The zero-order chi connectivity index (χ0) is 27.1. The van der Waals surface area contributed by atoms with Crippen LogP contribution in [0.4, 0.5) is 10.1 Å². The van der Waals surface area contributed by atoms with Crippen molar-refractivity contribution >= 4 is 27.6 Å². The summed E-state index contributed by atoms with van der Waals surface area (Å²) in [4.78, 5) is 21.2. The van der Waals surface area contributed by atoms with Gasteiger partial charge in [0.2, 0.25) is 0 Å². The second kappa shape index (κ2) is 10.00. The van der Waals surface area contributed by atoms with Gasteiger partial charge in [0, 0.05) is 47.2 Å². The Morgan fingerprint density at radius 3 is 2.65 bits per heavy atom. The summed E-state index contributed by atoms with van der Waals surface area (Å²) in [5.74, 6) is 0.516. The number of nitrogens with zero attached hydrogens (tertiary/aromatic N) is 5. The Bertz CT molecular complexity index is 1850. The van der Waals surface area contributed by atoms with E-state index in [1.165, 1.54) is 19.3 Å². The van der Waals surface area contributed by atoms with Crippen LogP contribution >= 0.6 is 0 Å². The molecule has 0 radical (unpaired) electrons. The molecule has 1 fully saturated rings. The molecule has 3 N–H and O–H groups in total. The molecule has 0 amide bonds. The van der Waals surface area contributed by atoms with Crippen LogP contribution in [0.1, 0.15) is 32.1 Å². The van der Waals surface area contributed by atoms with Crippen molar-refractivity contribution in [2.24, 2.45) is 5.92 Å². The number of allylic oxidation sites excluding steroid dienone is 1. The van der Waals surface area contributed by atoms with Gasteiger partial charge in [0.05, 0.1) is 34.0 Å². The molecule has 0 bridgehead atoms. The second-order valence-corrected chi connectivity index (χ2v) is 10.3. The van der Waals surface area contributed by atoms with E-state index < -0.39 is 5.82 Å². The van der Waals surface area contributed by atoms with E-state index >= 15 is 4.39 Å². The number of aromatic amines is 2. The maximum Gasteiger partial charge on any atom is 0.159 e. The van der Waals surface area contributed by atoms with Gasteiger partial charge in [-0.3, -0.25) is 20.1 Å². The number of halogens is 1. The van der Waals surface area contributed by atoms with Gasteiger partial charge in [-0.15, -0.1) is 0 Å². The summed E-state index contributed by atoms with van der Waals surface area (Å²) >= 11 is 0. The Morgan fingerprint density at radius 1 is 0.925 bits per heavy atom. The number of pyridine rings is 3. The lowest BCUT2D eigenvalue weighted by Crippen LogP contribution is -2.14. The average Bonchev–Trinajstić information content (AvgIpc) is 3.63. The first-order chi connectivity index (χ1) is 19.7. The highest BCUT2D eigenvalue weighted by Crippen LogP contribution is 2.36. The van der Waals surface area contributed by atoms with Crippen LogP contribution in [0.5, 0.6) is 0 Å². The molecule has 1 aliphatic carbocycles. The van der Waals surface area contributed by atoms with E-state index in [1.54, 1.807) is 37.1 Å². The van der Waals surface area contributed by atoms with Crippen molar-refractivity contribution in [3.63, 3.8) is 0 Å². The minimum Gasteiger partial charge on any atom is -0.358 e. The molecule has 1 aromatic carbocycles. The Morgan fingerprint density at radius 2 is 1.80 bits per heavy atom. The number of benzene rings is 1. The van der Waals surface area contributed by atoms with E-state index in [0.29, 0.717) is 50.7 Å². The second-order valence-electron chi connectivity index (χ2n) is 10.3. The topological polar surface area (TPSA) is 108 Å². The van der Waals surface area contributed by atoms with Crippen molar-refractivity contribution in [1.29, 1.82) is 0 Å². The van der Waals surface area contributed by atoms with Crippen molar-refractivity contribution in [2.45, 2.75) is 32.1 Å². The molecule has 40 heavy (non-hydrogen) atoms. The molecule has 1 aliphatic rings. The van der Waals surface area contributed by atoms with Gasteiger partial charge in [0.1, 0.15) is 17.0 Å². The molecule has 9 heteroatoms. The van der Waals surface area contributed by atoms with E-state index in [0.717, 1.165) is 35.3 Å². The summed E-state index contributed by atoms with van der Waals surface area (Å²) in [6.07, 6.45) is 14.6. The quantitative estimate of drug-likeness (QED) is 0.209. The van der Waals surface area contributed by atoms with Gasteiger partial charge in [-0.25, -0.2) is 9.37 Å². The van der Waals surface area contributed by atoms with Crippen molar-refractivity contribution in [3.8, 4) is 33.9 Å². The first-order valence-corrected chi connectivity index (χ1v) is 13.5. The number of anilines is 1. The van der Waals surface area contributed by atoms with Crippen molar-refractivity contribution in [3.05, 3.63) is 85.5 Å². The fourth-order valence-corrected chi connectivity index (χ4v) is 5.62. The SMILES string of the molecule is C=C(Nc1cncc(-c2ccc3[nH]nc(-c4nc5c(-c6cccnc6)nccc5[nH]4)c3c2F)c1)C1CCCCC1. The number of H-pyrrole nitrogens is 2. The molecule has 6 aromatic rings. The Balaban J connectivity index is 1.26. The number of imidazole rings is 1. The van der Waals surface area contributed by atoms with Gasteiger partial charge in [-0.2, -0.15) is 5.10 Å². The summed E-state index contributed by atoms with van der Waals surface area (Å²) in [5.41, 5.74) is 6.86. The van der Waals surface area contributed by atoms with Crippen LogP contribution in [0.3, 0.4) is 0 Å². The summed E-state index contributed by atoms with van der Waals surface area (Å²) in [6.45, 7) is 4.27. The average molecular weight is 531 g/mol. The smallest absolute Gasteiger partial charge is 0.159 e. The van der Waals surface area contributed by atoms with Gasteiger partial charge in [0.15, 0.2) is 5.82 Å². The third kappa shape index (κ3) is 4.29. The third-order valence-electron chi connectivity index (χ3n) is 7.68. The van der Waals surface area contributed by atoms with E-state index in [-0.39, 0.29) is 0 Å². The van der Waals surface area contributed by atoms with E-state index in [9.17, 15) is 0 Å². The fourth-order valence-electron chi connectivity index (χ4n) is 5.62. The number of aromatic nitrogens is 7. The predicted octanol–water partition coefficient (Wildman–Crippen LogP) is 7.27.